The van der Waals surface area contributed by atoms with Gasteiger partial charge >= 0.3 is 0 Å². The second-order valence-corrected chi connectivity index (χ2v) is 4.46. The van der Waals surface area contributed by atoms with Gasteiger partial charge in [0.15, 0.2) is 0 Å². The molecule has 0 aliphatic heterocycles. The van der Waals surface area contributed by atoms with E-state index in [0.717, 1.165) is 24.0 Å². The van der Waals surface area contributed by atoms with Gasteiger partial charge in [-0.25, -0.2) is 4.98 Å². The van der Waals surface area contributed by atoms with Gasteiger partial charge in [0.1, 0.15) is 5.82 Å². The molecular formula is C14H24N2. The Morgan fingerprint density at radius 3 is 2.75 bits per heavy atom. The summed E-state index contributed by atoms with van der Waals surface area (Å²) in [5, 5.41) is 3.43. The molecule has 1 aromatic heterocycles. The van der Waals surface area contributed by atoms with Crippen LogP contribution in [0.2, 0.25) is 0 Å². The number of nitrogens with one attached hydrogen (secondary N) is 1. The van der Waals surface area contributed by atoms with Crippen LogP contribution in [0, 0.1) is 12.8 Å². The smallest absolute Gasteiger partial charge is 0.126 e. The Morgan fingerprint density at radius 1 is 1.31 bits per heavy atom. The van der Waals surface area contributed by atoms with Gasteiger partial charge in [0.25, 0.3) is 0 Å². The first-order valence-corrected chi connectivity index (χ1v) is 6.43. The first kappa shape index (κ1) is 13.0. The van der Waals surface area contributed by atoms with Crippen LogP contribution in [-0.4, -0.2) is 11.5 Å². The molecule has 0 aliphatic carbocycles. The first-order chi connectivity index (χ1) is 7.76. The quantitative estimate of drug-likeness (QED) is 0.750. The molecule has 0 radical (unpaired) electrons. The van der Waals surface area contributed by atoms with Gasteiger partial charge in [-0.2, -0.15) is 0 Å². The van der Waals surface area contributed by atoms with Crippen LogP contribution in [0.1, 0.15) is 45.2 Å². The van der Waals surface area contributed by atoms with Crippen molar-refractivity contribution >= 4 is 5.82 Å². The molecule has 16 heavy (non-hydrogen) atoms. The molecule has 2 heteroatoms. The summed E-state index contributed by atoms with van der Waals surface area (Å²) in [6.07, 6.45) is 5.20. The Labute approximate surface area is 99.5 Å². The Bertz CT molecular complexity index is 297. The fourth-order valence-corrected chi connectivity index (χ4v) is 1.83. The van der Waals surface area contributed by atoms with Crippen LogP contribution in [0.25, 0.3) is 0 Å². The molecule has 0 bridgehead atoms. The summed E-state index contributed by atoms with van der Waals surface area (Å²) in [4.78, 5) is 4.45. The molecule has 0 fully saturated rings. The lowest BCUT2D eigenvalue weighted by atomic mass is 9.99. The van der Waals surface area contributed by atoms with Crippen molar-refractivity contribution in [3.8, 4) is 0 Å². The lowest BCUT2D eigenvalue weighted by molar-refractivity contribution is 0.472. The van der Waals surface area contributed by atoms with E-state index < -0.39 is 0 Å². The lowest BCUT2D eigenvalue weighted by Gasteiger charge is -2.15. The summed E-state index contributed by atoms with van der Waals surface area (Å²) >= 11 is 0. The fourth-order valence-electron chi connectivity index (χ4n) is 1.83. The van der Waals surface area contributed by atoms with Gasteiger partial charge in [-0.15, -0.1) is 0 Å². The Hall–Kier alpha value is -1.05. The molecule has 0 saturated heterocycles. The number of aryl methyl sites for hydroxylation is 1. The number of hydrogen-bond donors (Lipinski definition) is 1. The van der Waals surface area contributed by atoms with E-state index in [0.29, 0.717) is 0 Å². The second kappa shape index (κ2) is 7.26. The number of nitrogens with zero attached hydrogens (tertiary/aromatic N) is 1. The van der Waals surface area contributed by atoms with Crippen molar-refractivity contribution in [2.24, 2.45) is 5.92 Å². The van der Waals surface area contributed by atoms with Crippen molar-refractivity contribution in [1.82, 2.24) is 4.98 Å². The highest BCUT2D eigenvalue weighted by atomic mass is 15.0. The van der Waals surface area contributed by atoms with Gasteiger partial charge in [0, 0.05) is 12.2 Å². The monoisotopic (exact) mass is 220 g/mol. The maximum absolute atomic E-state index is 4.45. The summed E-state index contributed by atoms with van der Waals surface area (Å²) in [7, 11) is 0. The average Bonchev–Trinajstić information content (AvgIpc) is 2.29. The Morgan fingerprint density at radius 2 is 2.12 bits per heavy atom. The molecule has 0 aromatic carbocycles. The van der Waals surface area contributed by atoms with Crippen molar-refractivity contribution in [3.63, 3.8) is 0 Å². The van der Waals surface area contributed by atoms with Gasteiger partial charge in [-0.1, -0.05) is 39.2 Å². The third-order valence-electron chi connectivity index (χ3n) is 3.00. The van der Waals surface area contributed by atoms with Crippen LogP contribution in [-0.2, 0) is 0 Å². The summed E-state index contributed by atoms with van der Waals surface area (Å²) in [6, 6.07) is 6.12. The highest BCUT2D eigenvalue weighted by molar-refractivity contribution is 5.34. The molecule has 1 aromatic rings. The van der Waals surface area contributed by atoms with Crippen LogP contribution in [0.15, 0.2) is 18.2 Å². The summed E-state index contributed by atoms with van der Waals surface area (Å²) in [5.74, 6) is 1.79. The van der Waals surface area contributed by atoms with Crippen LogP contribution in [0.5, 0.6) is 0 Å². The van der Waals surface area contributed by atoms with Crippen molar-refractivity contribution in [1.29, 1.82) is 0 Å². The molecule has 1 rings (SSSR count). The summed E-state index contributed by atoms with van der Waals surface area (Å²) in [6.45, 7) is 7.60. The van der Waals surface area contributed by atoms with Gasteiger partial charge in [0.2, 0.25) is 0 Å². The molecule has 1 atom stereocenters. The fraction of sp³-hybridized carbons (Fsp3) is 0.643. The lowest BCUT2D eigenvalue weighted by Crippen LogP contribution is -2.14. The van der Waals surface area contributed by atoms with E-state index in [1.165, 1.54) is 25.7 Å². The van der Waals surface area contributed by atoms with Crippen LogP contribution in [0.4, 0.5) is 5.82 Å². The van der Waals surface area contributed by atoms with E-state index in [4.69, 9.17) is 0 Å². The van der Waals surface area contributed by atoms with Crippen molar-refractivity contribution in [2.45, 2.75) is 46.5 Å². The maximum atomic E-state index is 4.45. The van der Waals surface area contributed by atoms with Gasteiger partial charge < -0.3 is 5.32 Å². The van der Waals surface area contributed by atoms with Crippen molar-refractivity contribution < 1.29 is 0 Å². The molecule has 0 spiro atoms. The van der Waals surface area contributed by atoms with E-state index in [1.807, 2.05) is 19.1 Å². The van der Waals surface area contributed by atoms with Crippen LogP contribution >= 0.6 is 0 Å². The minimum absolute atomic E-state index is 0.780. The molecule has 0 aliphatic rings. The molecule has 2 nitrogen and oxygen atoms in total. The number of hydrogen-bond acceptors (Lipinski definition) is 2. The third kappa shape index (κ3) is 4.65. The predicted octanol–water partition coefficient (Wildman–Crippen LogP) is 4.02. The number of anilines is 1. The highest BCUT2D eigenvalue weighted by Gasteiger charge is 2.05. The van der Waals surface area contributed by atoms with Gasteiger partial charge in [0.05, 0.1) is 0 Å². The van der Waals surface area contributed by atoms with E-state index in [-0.39, 0.29) is 0 Å². The molecule has 90 valence electrons. The third-order valence-corrected chi connectivity index (χ3v) is 3.00. The van der Waals surface area contributed by atoms with Gasteiger partial charge in [-0.3, -0.25) is 0 Å². The van der Waals surface area contributed by atoms with Crippen molar-refractivity contribution in [2.75, 3.05) is 11.9 Å². The zero-order valence-electron chi connectivity index (χ0n) is 10.8. The number of pyridine rings is 1. The zero-order chi connectivity index (χ0) is 11.8. The molecule has 1 N–H and O–H groups in total. The molecule has 0 amide bonds. The van der Waals surface area contributed by atoms with E-state index in [2.05, 4.69) is 30.2 Å². The Balaban J connectivity index is 2.37. The van der Waals surface area contributed by atoms with Crippen LogP contribution < -0.4 is 5.32 Å². The molecule has 0 saturated carbocycles. The van der Waals surface area contributed by atoms with Gasteiger partial charge in [-0.05, 0) is 31.4 Å². The maximum Gasteiger partial charge on any atom is 0.126 e. The average molecular weight is 220 g/mol. The zero-order valence-corrected chi connectivity index (χ0v) is 10.8. The van der Waals surface area contributed by atoms with Crippen molar-refractivity contribution in [3.05, 3.63) is 23.9 Å². The van der Waals surface area contributed by atoms with E-state index in [9.17, 15) is 0 Å². The number of rotatable bonds is 7. The van der Waals surface area contributed by atoms with E-state index in [1.54, 1.807) is 0 Å². The first-order valence-electron chi connectivity index (χ1n) is 6.43. The predicted molar refractivity (Wildman–Crippen MR) is 70.8 cm³/mol. The molecule has 1 heterocycles. The standard InChI is InChI=1S/C14H24N2/c1-4-6-9-13(5-2)11-15-14-10-7-8-12(3)16-14/h7-8,10,13H,4-6,9,11H2,1-3H3,(H,15,16). The number of unbranched alkanes of at least 4 members (excludes halogenated alkanes) is 1. The minimum Gasteiger partial charge on any atom is -0.370 e. The largest absolute Gasteiger partial charge is 0.370 e. The summed E-state index contributed by atoms with van der Waals surface area (Å²) < 4.78 is 0. The van der Waals surface area contributed by atoms with Crippen LogP contribution in [0.3, 0.4) is 0 Å². The normalized spacial score (nSPS) is 12.4. The highest BCUT2D eigenvalue weighted by Crippen LogP contribution is 2.13. The molecule has 1 unspecified atom stereocenters. The number of aromatic nitrogens is 1. The topological polar surface area (TPSA) is 24.9 Å². The van der Waals surface area contributed by atoms with E-state index >= 15 is 0 Å². The molecular weight excluding hydrogens is 196 g/mol. The SMILES string of the molecule is CCCCC(CC)CNc1cccc(C)n1. The summed E-state index contributed by atoms with van der Waals surface area (Å²) in [5.41, 5.74) is 1.08. The second-order valence-electron chi connectivity index (χ2n) is 4.46. The Kier molecular flexibility index (Phi) is 5.91. The minimum atomic E-state index is 0.780.